The molecule has 2 aromatic rings. The van der Waals surface area contributed by atoms with E-state index in [2.05, 4.69) is 44.3 Å². The standard InChI is InChI=1S/C28H40N4O2S/c1-34-28(33)24-9-7-22(8-10-24)26-29-30-27(35-26)23-11-13-25(14-12-23)32-19-17-31(18-20-32)16-15-21-5-3-2-4-6-21/h11-14,21-22,24H,2-10,15-20H2,1H3/t22-,24-. The van der Waals surface area contributed by atoms with Gasteiger partial charge in [-0.3, -0.25) is 9.69 Å². The molecule has 0 bridgehead atoms. The lowest BCUT2D eigenvalue weighted by Gasteiger charge is -2.37. The number of hydrogen-bond acceptors (Lipinski definition) is 7. The van der Waals surface area contributed by atoms with Gasteiger partial charge in [0.1, 0.15) is 10.0 Å². The first kappa shape index (κ1) is 24.7. The number of piperazine rings is 1. The molecular weight excluding hydrogens is 456 g/mol. The molecule has 2 saturated carbocycles. The van der Waals surface area contributed by atoms with Gasteiger partial charge in [-0.25, -0.2) is 0 Å². The van der Waals surface area contributed by atoms with Gasteiger partial charge in [0.15, 0.2) is 0 Å². The zero-order valence-electron chi connectivity index (χ0n) is 21.2. The normalized spacial score (nSPS) is 24.4. The molecule has 35 heavy (non-hydrogen) atoms. The molecule has 0 N–H and O–H groups in total. The van der Waals surface area contributed by atoms with Crippen molar-refractivity contribution in [3.63, 3.8) is 0 Å². The SMILES string of the molecule is COC(=O)[C@H]1CC[C@H](c2nnc(-c3ccc(N4CCN(CCC5CCCCC5)CC4)cc3)s2)CC1. The number of esters is 1. The summed E-state index contributed by atoms with van der Waals surface area (Å²) in [4.78, 5) is 17.0. The molecule has 3 aliphatic rings. The third kappa shape index (κ3) is 6.23. The molecule has 1 aromatic heterocycles. The summed E-state index contributed by atoms with van der Waals surface area (Å²) in [7, 11) is 1.48. The molecule has 190 valence electrons. The number of aromatic nitrogens is 2. The van der Waals surface area contributed by atoms with Crippen molar-refractivity contribution in [2.45, 2.75) is 70.1 Å². The monoisotopic (exact) mass is 496 g/mol. The number of nitrogens with zero attached hydrogens (tertiary/aromatic N) is 4. The lowest BCUT2D eigenvalue weighted by Crippen LogP contribution is -2.46. The Bertz CT molecular complexity index is 940. The topological polar surface area (TPSA) is 58.6 Å². The van der Waals surface area contributed by atoms with Crippen LogP contribution < -0.4 is 4.90 Å². The Morgan fingerprint density at radius 2 is 1.66 bits per heavy atom. The van der Waals surface area contributed by atoms with Crippen molar-refractivity contribution in [3.05, 3.63) is 29.3 Å². The largest absolute Gasteiger partial charge is 0.469 e. The fraction of sp³-hybridized carbons (Fsp3) is 0.679. The Hall–Kier alpha value is -1.99. The average Bonchev–Trinajstić information content (AvgIpc) is 3.43. The second-order valence-electron chi connectivity index (χ2n) is 10.7. The minimum atomic E-state index is -0.0673. The van der Waals surface area contributed by atoms with Crippen LogP contribution in [0.5, 0.6) is 0 Å². The Balaban J connectivity index is 1.10. The molecular formula is C28H40N4O2S. The van der Waals surface area contributed by atoms with Crippen LogP contribution in [-0.2, 0) is 9.53 Å². The first-order valence-electron chi connectivity index (χ1n) is 13.7. The van der Waals surface area contributed by atoms with Crippen LogP contribution in [0.3, 0.4) is 0 Å². The van der Waals surface area contributed by atoms with E-state index in [1.165, 1.54) is 71.0 Å². The molecule has 1 aromatic carbocycles. The summed E-state index contributed by atoms with van der Waals surface area (Å²) in [6.07, 6.45) is 12.4. The Morgan fingerprint density at radius 3 is 2.34 bits per heavy atom. The summed E-state index contributed by atoms with van der Waals surface area (Å²) in [5, 5.41) is 11.1. The van der Waals surface area contributed by atoms with Gasteiger partial charge in [-0.05, 0) is 68.8 Å². The molecule has 5 rings (SSSR count). The number of carbonyl (C=O) groups is 1. The number of benzene rings is 1. The predicted octanol–water partition coefficient (Wildman–Crippen LogP) is 5.74. The van der Waals surface area contributed by atoms with Crippen LogP contribution in [0.1, 0.15) is 75.1 Å². The third-order valence-corrected chi connectivity index (χ3v) is 9.62. The van der Waals surface area contributed by atoms with Gasteiger partial charge in [0, 0.05) is 43.3 Å². The quantitative estimate of drug-likeness (QED) is 0.455. The molecule has 1 saturated heterocycles. The number of ether oxygens (including phenoxy) is 1. The molecule has 1 aliphatic heterocycles. The molecule has 3 fully saturated rings. The molecule has 0 amide bonds. The predicted molar refractivity (Wildman–Crippen MR) is 142 cm³/mol. The maximum atomic E-state index is 11.8. The number of methoxy groups -OCH3 is 1. The van der Waals surface area contributed by atoms with Gasteiger partial charge < -0.3 is 9.64 Å². The summed E-state index contributed by atoms with van der Waals surface area (Å²) >= 11 is 1.71. The highest BCUT2D eigenvalue weighted by molar-refractivity contribution is 7.14. The summed E-state index contributed by atoms with van der Waals surface area (Å²) in [5.74, 6) is 1.37. The van der Waals surface area contributed by atoms with E-state index in [0.29, 0.717) is 5.92 Å². The molecule has 0 unspecified atom stereocenters. The van der Waals surface area contributed by atoms with Gasteiger partial charge in [-0.1, -0.05) is 43.4 Å². The van der Waals surface area contributed by atoms with Crippen molar-refractivity contribution < 1.29 is 9.53 Å². The molecule has 0 radical (unpaired) electrons. The smallest absolute Gasteiger partial charge is 0.308 e. The lowest BCUT2D eigenvalue weighted by molar-refractivity contribution is -0.146. The molecule has 2 aliphatic carbocycles. The first-order valence-corrected chi connectivity index (χ1v) is 14.5. The highest BCUT2D eigenvalue weighted by Crippen LogP contribution is 2.39. The Labute approximate surface area is 214 Å². The van der Waals surface area contributed by atoms with Crippen LogP contribution in [0.2, 0.25) is 0 Å². The fourth-order valence-electron chi connectivity index (χ4n) is 6.14. The van der Waals surface area contributed by atoms with E-state index in [4.69, 9.17) is 4.74 Å². The van der Waals surface area contributed by atoms with Gasteiger partial charge in [0.05, 0.1) is 13.0 Å². The molecule has 6 nitrogen and oxygen atoms in total. The van der Waals surface area contributed by atoms with Crippen molar-refractivity contribution in [3.8, 4) is 10.6 Å². The van der Waals surface area contributed by atoms with Crippen molar-refractivity contribution >= 4 is 23.0 Å². The van der Waals surface area contributed by atoms with E-state index in [1.807, 2.05) is 0 Å². The van der Waals surface area contributed by atoms with Crippen LogP contribution in [0, 0.1) is 11.8 Å². The third-order valence-electron chi connectivity index (χ3n) is 8.48. The van der Waals surface area contributed by atoms with E-state index >= 15 is 0 Å². The zero-order chi connectivity index (χ0) is 24.0. The summed E-state index contributed by atoms with van der Waals surface area (Å²) < 4.78 is 4.91. The minimum Gasteiger partial charge on any atom is -0.469 e. The van der Waals surface area contributed by atoms with Crippen LogP contribution in [0.25, 0.3) is 10.6 Å². The van der Waals surface area contributed by atoms with Crippen molar-refractivity contribution in [1.29, 1.82) is 0 Å². The van der Waals surface area contributed by atoms with Crippen molar-refractivity contribution in [1.82, 2.24) is 15.1 Å². The highest BCUT2D eigenvalue weighted by atomic mass is 32.1. The van der Waals surface area contributed by atoms with E-state index < -0.39 is 0 Å². The zero-order valence-corrected chi connectivity index (χ0v) is 22.0. The molecule has 7 heteroatoms. The summed E-state index contributed by atoms with van der Waals surface area (Å²) in [6, 6.07) is 8.89. The Kier molecular flexibility index (Phi) is 8.35. The first-order chi connectivity index (χ1) is 17.2. The van der Waals surface area contributed by atoms with E-state index in [9.17, 15) is 4.79 Å². The van der Waals surface area contributed by atoms with Crippen LogP contribution in [0.4, 0.5) is 5.69 Å². The van der Waals surface area contributed by atoms with Gasteiger partial charge >= 0.3 is 5.97 Å². The number of hydrogen-bond donors (Lipinski definition) is 0. The minimum absolute atomic E-state index is 0.0509. The van der Waals surface area contributed by atoms with Crippen LogP contribution in [0.15, 0.2) is 24.3 Å². The second-order valence-corrected chi connectivity index (χ2v) is 11.7. The highest BCUT2D eigenvalue weighted by Gasteiger charge is 2.29. The fourth-order valence-corrected chi connectivity index (χ4v) is 7.16. The molecule has 0 atom stereocenters. The van der Waals surface area contributed by atoms with Gasteiger partial charge in [0.25, 0.3) is 0 Å². The van der Waals surface area contributed by atoms with E-state index in [1.54, 1.807) is 11.3 Å². The van der Waals surface area contributed by atoms with Gasteiger partial charge in [-0.15, -0.1) is 10.2 Å². The maximum absolute atomic E-state index is 11.8. The number of carbonyl (C=O) groups excluding carboxylic acids is 1. The van der Waals surface area contributed by atoms with Crippen molar-refractivity contribution in [2.75, 3.05) is 44.7 Å². The average molecular weight is 497 g/mol. The van der Waals surface area contributed by atoms with E-state index in [0.717, 1.165) is 60.3 Å². The van der Waals surface area contributed by atoms with Crippen molar-refractivity contribution in [2.24, 2.45) is 11.8 Å². The molecule has 0 spiro atoms. The van der Waals surface area contributed by atoms with Gasteiger partial charge in [-0.2, -0.15) is 0 Å². The van der Waals surface area contributed by atoms with Crippen LogP contribution >= 0.6 is 11.3 Å². The van der Waals surface area contributed by atoms with E-state index in [-0.39, 0.29) is 11.9 Å². The maximum Gasteiger partial charge on any atom is 0.308 e. The van der Waals surface area contributed by atoms with Crippen LogP contribution in [-0.4, -0.2) is 60.9 Å². The summed E-state index contributed by atoms with van der Waals surface area (Å²) in [5.41, 5.74) is 2.46. The number of anilines is 1. The lowest BCUT2D eigenvalue weighted by atomic mass is 9.82. The molecule has 2 heterocycles. The second kappa shape index (κ2) is 11.8. The van der Waals surface area contributed by atoms with Gasteiger partial charge in [0.2, 0.25) is 0 Å². The Morgan fingerprint density at radius 1 is 0.943 bits per heavy atom. The summed E-state index contributed by atoms with van der Waals surface area (Å²) in [6.45, 7) is 5.85. The number of rotatable bonds is 7.